The molecule has 0 radical (unpaired) electrons. The summed E-state index contributed by atoms with van der Waals surface area (Å²) >= 11 is 13.0. The minimum Gasteiger partial charge on any atom is -0.508 e. The Morgan fingerprint density at radius 2 is 1.88 bits per heavy atom. The van der Waals surface area contributed by atoms with Gasteiger partial charge in [0.15, 0.2) is 11.5 Å². The molecule has 1 atom stereocenters. The number of halogens is 4. The van der Waals surface area contributed by atoms with Gasteiger partial charge in [-0.15, -0.1) is 0 Å². The number of carbonyl (C=O) groups is 1. The fourth-order valence-electron chi connectivity index (χ4n) is 5.14. The number of aromatic hydroxyl groups is 1. The first-order chi connectivity index (χ1) is 23.3. The molecule has 1 heterocycles. The number of benzene rings is 2. The van der Waals surface area contributed by atoms with E-state index < -0.39 is 28.7 Å². The van der Waals surface area contributed by atoms with Crippen molar-refractivity contribution in [2.75, 3.05) is 56.6 Å². The Bertz CT molecular complexity index is 1660. The summed E-state index contributed by atoms with van der Waals surface area (Å²) in [7, 11) is -3.83. The zero-order valence-corrected chi connectivity index (χ0v) is 29.6. The van der Waals surface area contributed by atoms with E-state index in [-0.39, 0.29) is 51.5 Å². The van der Waals surface area contributed by atoms with Crippen LogP contribution in [0.3, 0.4) is 0 Å². The third-order valence-corrected chi connectivity index (χ3v) is 9.95. The van der Waals surface area contributed by atoms with Gasteiger partial charge in [0.1, 0.15) is 11.9 Å². The van der Waals surface area contributed by atoms with Crippen molar-refractivity contribution < 1.29 is 46.0 Å². The molecule has 0 unspecified atom stereocenters. The zero-order chi connectivity index (χ0) is 35.7. The van der Waals surface area contributed by atoms with Crippen LogP contribution in [-0.2, 0) is 19.5 Å². The van der Waals surface area contributed by atoms with Gasteiger partial charge in [-0.05, 0) is 61.1 Å². The number of carbonyl (C=O) groups excluding carboxylic acids is 1. The molecule has 4 rings (SSSR count). The zero-order valence-electron chi connectivity index (χ0n) is 27.2. The molecule has 2 fully saturated rings. The first-order valence-electron chi connectivity index (χ1n) is 15.7. The Hall–Kier alpha value is -3.36. The van der Waals surface area contributed by atoms with Crippen molar-refractivity contribution in [2.45, 2.75) is 38.9 Å². The van der Waals surface area contributed by atoms with Crippen molar-refractivity contribution in [1.82, 2.24) is 4.90 Å². The largest absolute Gasteiger partial charge is 0.508 e. The van der Waals surface area contributed by atoms with Crippen LogP contribution >= 0.6 is 23.2 Å². The van der Waals surface area contributed by atoms with E-state index >= 15 is 0 Å². The Morgan fingerprint density at radius 3 is 2.49 bits per heavy atom. The third kappa shape index (κ3) is 11.3. The molecule has 2 aliphatic rings. The lowest BCUT2D eigenvalue weighted by molar-refractivity contribution is -0.0515. The Labute approximate surface area is 295 Å². The summed E-state index contributed by atoms with van der Waals surface area (Å²) < 4.78 is 75.2. The van der Waals surface area contributed by atoms with Crippen molar-refractivity contribution >= 4 is 44.9 Å². The molecule has 2 aromatic carbocycles. The number of phenolic OH excluding ortho intramolecular Hbond substituents is 1. The summed E-state index contributed by atoms with van der Waals surface area (Å²) in [6.07, 6.45) is 4.74. The van der Waals surface area contributed by atoms with Gasteiger partial charge in [0.25, 0.3) is 0 Å². The first-order valence-corrected chi connectivity index (χ1v) is 18.3. The smallest absolute Gasteiger partial charge is 0.387 e. The summed E-state index contributed by atoms with van der Waals surface area (Å²) in [5, 5.41) is 11.1. The molecule has 268 valence electrons. The standard InChI is InChI=1S/C34H40Cl2F2N2O8S/c1-4-28(35)27(29(36)5-2)20-31(23-8-9-30(48-34(37)38)32(18-23)46-21-22-6-7-22)47-33(42)24-16-25(19-26(41)17-24)40(49(3,43)44)11-10-39-12-14-45-15-13-39/h4-5,8-9,16-19,22,31,34,41H,1,6-7,10-15,20-21H2,2-3H3/b28-27+,29-5+/t31-/m0/s1. The molecule has 1 N–H and O–H groups in total. The van der Waals surface area contributed by atoms with Crippen molar-refractivity contribution in [1.29, 1.82) is 0 Å². The van der Waals surface area contributed by atoms with Gasteiger partial charge in [0.2, 0.25) is 10.0 Å². The van der Waals surface area contributed by atoms with Crippen LogP contribution in [0, 0.1) is 5.92 Å². The molecule has 0 amide bonds. The maximum absolute atomic E-state index is 13.8. The Balaban J connectivity index is 1.70. The summed E-state index contributed by atoms with van der Waals surface area (Å²) in [6, 6.07) is 7.91. The van der Waals surface area contributed by atoms with Gasteiger partial charge in [-0.25, -0.2) is 13.2 Å². The van der Waals surface area contributed by atoms with Crippen LogP contribution in [0.4, 0.5) is 14.5 Å². The van der Waals surface area contributed by atoms with E-state index in [4.69, 9.17) is 37.4 Å². The molecule has 10 nitrogen and oxygen atoms in total. The third-order valence-electron chi connectivity index (χ3n) is 7.92. The number of anilines is 1. The van der Waals surface area contributed by atoms with Crippen LogP contribution in [0.25, 0.3) is 0 Å². The van der Waals surface area contributed by atoms with E-state index in [1.54, 1.807) is 13.0 Å². The second kappa shape index (κ2) is 17.5. The molecule has 15 heteroatoms. The van der Waals surface area contributed by atoms with E-state index in [1.807, 2.05) is 0 Å². The topological polar surface area (TPSA) is 115 Å². The van der Waals surface area contributed by atoms with Gasteiger partial charge in [-0.3, -0.25) is 9.21 Å². The van der Waals surface area contributed by atoms with Gasteiger partial charge in [0, 0.05) is 48.7 Å². The van der Waals surface area contributed by atoms with Gasteiger partial charge in [0.05, 0.1) is 37.3 Å². The second-order valence-electron chi connectivity index (χ2n) is 11.6. The summed E-state index contributed by atoms with van der Waals surface area (Å²) in [5.74, 6) is -1.13. The molecule has 49 heavy (non-hydrogen) atoms. The molecular formula is C34H40Cl2F2N2O8S. The molecule has 1 aliphatic heterocycles. The lowest BCUT2D eigenvalue weighted by Crippen LogP contribution is -2.43. The quantitative estimate of drug-likeness (QED) is 0.135. The summed E-state index contributed by atoms with van der Waals surface area (Å²) in [4.78, 5) is 15.9. The Morgan fingerprint density at radius 1 is 1.16 bits per heavy atom. The number of alkyl halides is 2. The van der Waals surface area contributed by atoms with Crippen LogP contribution in [0.2, 0.25) is 0 Å². The van der Waals surface area contributed by atoms with E-state index in [0.29, 0.717) is 56.5 Å². The SMILES string of the molecule is C=C/C(Cl)=C(C[C@H](OC(=O)c1cc(O)cc(N(CCN2CCOCC2)S(C)(=O)=O)c1)c1ccc(OC(F)F)c(OCC2CC2)c1)\C(Cl)=C/C. The van der Waals surface area contributed by atoms with Crippen LogP contribution in [0.15, 0.2) is 70.8 Å². The van der Waals surface area contributed by atoms with Crippen molar-refractivity contribution in [3.8, 4) is 17.2 Å². The number of allylic oxidation sites excluding steroid dienone is 4. The molecule has 0 spiro atoms. The molecule has 1 aliphatic carbocycles. The predicted molar refractivity (Wildman–Crippen MR) is 184 cm³/mol. The normalized spacial score (nSPS) is 16.9. The van der Waals surface area contributed by atoms with Crippen LogP contribution in [0.1, 0.15) is 48.2 Å². The van der Waals surface area contributed by atoms with Crippen molar-refractivity contribution in [3.05, 3.63) is 81.9 Å². The first kappa shape index (κ1) is 38.4. The highest BCUT2D eigenvalue weighted by Gasteiger charge is 2.28. The van der Waals surface area contributed by atoms with Crippen molar-refractivity contribution in [2.24, 2.45) is 5.92 Å². The molecule has 0 bridgehead atoms. The van der Waals surface area contributed by atoms with E-state index in [2.05, 4.69) is 16.2 Å². The minimum atomic E-state index is -3.83. The maximum atomic E-state index is 13.8. The van der Waals surface area contributed by atoms with Crippen LogP contribution in [0.5, 0.6) is 17.2 Å². The number of esters is 1. The molecular weight excluding hydrogens is 705 g/mol. The van der Waals surface area contributed by atoms with E-state index in [9.17, 15) is 27.1 Å². The lowest BCUT2D eigenvalue weighted by atomic mass is 9.99. The van der Waals surface area contributed by atoms with Crippen molar-refractivity contribution in [3.63, 3.8) is 0 Å². The summed E-state index contributed by atoms with van der Waals surface area (Å²) in [6.45, 7) is 5.40. The highest BCUT2D eigenvalue weighted by Crippen LogP contribution is 2.40. The number of hydrogen-bond donors (Lipinski definition) is 1. The minimum absolute atomic E-state index is 0.0342. The van der Waals surface area contributed by atoms with Gasteiger partial charge >= 0.3 is 12.6 Å². The monoisotopic (exact) mass is 744 g/mol. The number of nitrogens with zero attached hydrogens (tertiary/aromatic N) is 2. The highest BCUT2D eigenvalue weighted by molar-refractivity contribution is 7.92. The average molecular weight is 746 g/mol. The fraction of sp³-hybridized carbons (Fsp3) is 0.441. The lowest BCUT2D eigenvalue weighted by Gasteiger charge is -2.30. The average Bonchev–Trinajstić information content (AvgIpc) is 3.89. The van der Waals surface area contributed by atoms with Gasteiger partial charge in [-0.1, -0.05) is 48.0 Å². The van der Waals surface area contributed by atoms with Gasteiger partial charge < -0.3 is 24.1 Å². The molecule has 1 saturated heterocycles. The number of hydrogen-bond acceptors (Lipinski definition) is 9. The van der Waals surface area contributed by atoms with Crippen LogP contribution < -0.4 is 13.8 Å². The fourth-order valence-corrected chi connectivity index (χ4v) is 6.45. The second-order valence-corrected chi connectivity index (χ2v) is 14.4. The maximum Gasteiger partial charge on any atom is 0.387 e. The van der Waals surface area contributed by atoms with Gasteiger partial charge in [-0.2, -0.15) is 8.78 Å². The number of ether oxygens (including phenoxy) is 4. The summed E-state index contributed by atoms with van der Waals surface area (Å²) in [5.41, 5.74) is 0.655. The van der Waals surface area contributed by atoms with E-state index in [1.165, 1.54) is 36.4 Å². The Kier molecular flexibility index (Phi) is 13.8. The molecule has 1 saturated carbocycles. The molecule has 0 aromatic heterocycles. The predicted octanol–water partition coefficient (Wildman–Crippen LogP) is 6.99. The highest BCUT2D eigenvalue weighted by atomic mass is 35.5. The molecule has 2 aromatic rings. The number of morpholine rings is 1. The van der Waals surface area contributed by atoms with E-state index in [0.717, 1.165) is 29.5 Å². The number of rotatable bonds is 17. The van der Waals surface area contributed by atoms with Crippen LogP contribution in [-0.4, -0.2) is 83.3 Å². The number of sulfonamides is 1. The number of phenols is 1.